The fraction of sp³-hybridized carbons (Fsp3) is 0.286. The summed E-state index contributed by atoms with van der Waals surface area (Å²) in [4.78, 5) is 22.8. The smallest absolute Gasteiger partial charge is 0.381 e. The second kappa shape index (κ2) is 8.06. The van der Waals surface area contributed by atoms with Gasteiger partial charge in [-0.3, -0.25) is 4.79 Å². The van der Waals surface area contributed by atoms with Crippen LogP contribution in [0.25, 0.3) is 0 Å². The van der Waals surface area contributed by atoms with Gasteiger partial charge in [-0.15, -0.1) is 0 Å². The summed E-state index contributed by atoms with van der Waals surface area (Å²) in [6, 6.07) is 8.38. The Morgan fingerprint density at radius 1 is 1.33 bits per heavy atom. The molecule has 4 nitrogen and oxygen atoms in total. The molecule has 0 aliphatic heterocycles. The zero-order chi connectivity index (χ0) is 15.9. The number of alkyl halides is 2. The van der Waals surface area contributed by atoms with E-state index in [1.807, 2.05) is 0 Å². The van der Waals surface area contributed by atoms with Gasteiger partial charge in [0.1, 0.15) is 0 Å². The maximum absolute atomic E-state index is 13.4. The minimum atomic E-state index is -3.70. The van der Waals surface area contributed by atoms with Crippen molar-refractivity contribution in [3.8, 4) is 0 Å². The van der Waals surface area contributed by atoms with Crippen LogP contribution in [-0.2, 0) is 9.53 Å². The van der Waals surface area contributed by atoms with Gasteiger partial charge in [0.15, 0.2) is 0 Å². The zero-order valence-corrected chi connectivity index (χ0v) is 13.4. The van der Waals surface area contributed by atoms with Crippen molar-refractivity contribution < 1.29 is 23.1 Å². The second-order valence-electron chi connectivity index (χ2n) is 3.98. The summed E-state index contributed by atoms with van der Waals surface area (Å²) in [6.07, 6.45) is 0.483. The first-order valence-corrected chi connectivity index (χ1v) is 7.20. The van der Waals surface area contributed by atoms with Gasteiger partial charge in [0.05, 0.1) is 6.61 Å². The molecule has 21 heavy (non-hydrogen) atoms. The molecule has 0 saturated heterocycles. The van der Waals surface area contributed by atoms with E-state index in [9.17, 15) is 18.4 Å². The lowest BCUT2D eigenvalue weighted by molar-refractivity contribution is -0.164. The Morgan fingerprint density at radius 2 is 1.95 bits per heavy atom. The van der Waals surface area contributed by atoms with Crippen LogP contribution in [-0.4, -0.2) is 31.0 Å². The van der Waals surface area contributed by atoms with Gasteiger partial charge in [0.2, 0.25) is 0 Å². The molecule has 1 aromatic carbocycles. The molecule has 0 unspecified atom stereocenters. The fourth-order valence-electron chi connectivity index (χ4n) is 1.39. The lowest BCUT2D eigenvalue weighted by Gasteiger charge is -2.11. The third kappa shape index (κ3) is 5.78. The second-order valence-corrected chi connectivity index (χ2v) is 5.37. The SMILES string of the molecule is CCOC(=O)C(F)(F)C=C(I)CNC(=O)c1ccccc1. The van der Waals surface area contributed by atoms with Crippen LogP contribution in [0.15, 0.2) is 40.0 Å². The van der Waals surface area contributed by atoms with E-state index >= 15 is 0 Å². The molecule has 114 valence electrons. The lowest BCUT2D eigenvalue weighted by atomic mass is 10.2. The molecule has 0 heterocycles. The van der Waals surface area contributed by atoms with Gasteiger partial charge in [0, 0.05) is 21.8 Å². The van der Waals surface area contributed by atoms with Crippen molar-refractivity contribution >= 4 is 34.5 Å². The maximum atomic E-state index is 13.4. The number of hydrogen-bond acceptors (Lipinski definition) is 3. The third-order valence-electron chi connectivity index (χ3n) is 2.34. The van der Waals surface area contributed by atoms with Crippen molar-refractivity contribution in [3.05, 3.63) is 45.6 Å². The summed E-state index contributed by atoms with van der Waals surface area (Å²) in [5, 5.41) is 2.49. The van der Waals surface area contributed by atoms with E-state index in [1.165, 1.54) is 6.92 Å². The highest BCUT2D eigenvalue weighted by atomic mass is 127. The molecule has 1 N–H and O–H groups in total. The maximum Gasteiger partial charge on any atom is 0.381 e. The number of ether oxygens (including phenoxy) is 1. The number of esters is 1. The Morgan fingerprint density at radius 3 is 2.52 bits per heavy atom. The number of nitrogens with one attached hydrogen (secondary N) is 1. The largest absolute Gasteiger partial charge is 0.461 e. The van der Waals surface area contributed by atoms with Crippen LogP contribution in [0.4, 0.5) is 8.78 Å². The molecule has 0 saturated carbocycles. The van der Waals surface area contributed by atoms with Gasteiger partial charge in [-0.1, -0.05) is 18.2 Å². The predicted octanol–water partition coefficient (Wildman–Crippen LogP) is 2.93. The van der Waals surface area contributed by atoms with Gasteiger partial charge >= 0.3 is 11.9 Å². The van der Waals surface area contributed by atoms with Gasteiger partial charge < -0.3 is 10.1 Å². The van der Waals surface area contributed by atoms with Gasteiger partial charge in [0.25, 0.3) is 5.91 Å². The zero-order valence-electron chi connectivity index (χ0n) is 11.2. The molecule has 7 heteroatoms. The molecular weight excluding hydrogens is 395 g/mol. The molecule has 0 aromatic heterocycles. The van der Waals surface area contributed by atoms with Crippen molar-refractivity contribution in [1.82, 2.24) is 5.32 Å². The van der Waals surface area contributed by atoms with Crippen LogP contribution in [0.5, 0.6) is 0 Å². The first-order chi connectivity index (χ1) is 9.86. The van der Waals surface area contributed by atoms with Crippen LogP contribution in [0, 0.1) is 0 Å². The van der Waals surface area contributed by atoms with Gasteiger partial charge in [-0.25, -0.2) is 4.79 Å². The Hall–Kier alpha value is -1.51. The summed E-state index contributed by atoms with van der Waals surface area (Å²) in [5.41, 5.74) is 0.429. The van der Waals surface area contributed by atoms with Crippen molar-refractivity contribution in [2.45, 2.75) is 12.8 Å². The molecule has 0 spiro atoms. The number of halogens is 3. The standard InChI is InChI=1S/C14H14F2INO3/c1-2-21-13(20)14(15,16)8-11(17)9-18-12(19)10-6-4-3-5-7-10/h3-8H,2,9H2,1H3,(H,18,19). The quantitative estimate of drug-likeness (QED) is 0.581. The van der Waals surface area contributed by atoms with E-state index in [-0.39, 0.29) is 22.6 Å². The number of carbonyl (C=O) groups excluding carboxylic acids is 2. The molecule has 1 amide bonds. The minimum Gasteiger partial charge on any atom is -0.461 e. The molecule has 0 aliphatic carbocycles. The Kier molecular flexibility index (Phi) is 6.73. The number of benzene rings is 1. The minimum absolute atomic E-state index is 0.0940. The van der Waals surface area contributed by atoms with Crippen molar-refractivity contribution in [3.63, 3.8) is 0 Å². The van der Waals surface area contributed by atoms with Gasteiger partial charge in [-0.05, 0) is 41.6 Å². The molecule has 0 atom stereocenters. The average Bonchev–Trinajstić information content (AvgIpc) is 2.45. The predicted molar refractivity (Wildman–Crippen MR) is 82.5 cm³/mol. The van der Waals surface area contributed by atoms with Crippen molar-refractivity contribution in [2.24, 2.45) is 0 Å². The molecule has 1 rings (SSSR count). The molecule has 0 radical (unpaired) electrons. The average molecular weight is 409 g/mol. The van der Waals surface area contributed by atoms with Crippen LogP contribution in [0.2, 0.25) is 0 Å². The van der Waals surface area contributed by atoms with Crippen LogP contribution >= 0.6 is 22.6 Å². The van der Waals surface area contributed by atoms with E-state index in [2.05, 4.69) is 10.1 Å². The number of rotatable bonds is 6. The molecule has 0 aliphatic rings. The molecule has 0 bridgehead atoms. The Balaban J connectivity index is 2.60. The van der Waals surface area contributed by atoms with Crippen molar-refractivity contribution in [1.29, 1.82) is 0 Å². The van der Waals surface area contributed by atoms with Crippen LogP contribution < -0.4 is 5.32 Å². The topological polar surface area (TPSA) is 55.4 Å². The summed E-state index contributed by atoms with van der Waals surface area (Å²) in [7, 11) is 0. The number of carbonyl (C=O) groups is 2. The normalized spacial score (nSPS) is 11.9. The Bertz CT molecular complexity index is 532. The van der Waals surface area contributed by atoms with Crippen molar-refractivity contribution in [2.75, 3.05) is 13.2 Å². The first kappa shape index (κ1) is 17.5. The summed E-state index contributed by atoms with van der Waals surface area (Å²) in [5.74, 6) is -5.68. The lowest BCUT2D eigenvalue weighted by Crippen LogP contribution is -2.30. The van der Waals surface area contributed by atoms with E-state index in [0.717, 1.165) is 0 Å². The third-order valence-corrected chi connectivity index (χ3v) is 3.03. The monoisotopic (exact) mass is 409 g/mol. The van der Waals surface area contributed by atoms with Crippen LogP contribution in [0.1, 0.15) is 17.3 Å². The summed E-state index contributed by atoms with van der Waals surface area (Å²) >= 11 is 1.64. The van der Waals surface area contributed by atoms with Crippen LogP contribution in [0.3, 0.4) is 0 Å². The Labute approximate surface area is 134 Å². The number of hydrogen-bond donors (Lipinski definition) is 1. The van der Waals surface area contributed by atoms with Gasteiger partial charge in [-0.2, -0.15) is 8.78 Å². The van der Waals surface area contributed by atoms with E-state index < -0.39 is 11.9 Å². The first-order valence-electron chi connectivity index (χ1n) is 6.12. The molecule has 1 aromatic rings. The highest BCUT2D eigenvalue weighted by Gasteiger charge is 2.38. The van der Waals surface area contributed by atoms with E-state index in [0.29, 0.717) is 11.6 Å². The van der Waals surface area contributed by atoms with E-state index in [4.69, 9.17) is 0 Å². The highest BCUT2D eigenvalue weighted by molar-refractivity contribution is 14.1. The highest BCUT2D eigenvalue weighted by Crippen LogP contribution is 2.22. The van der Waals surface area contributed by atoms with E-state index in [1.54, 1.807) is 52.9 Å². The number of amides is 1. The summed E-state index contributed by atoms with van der Waals surface area (Å²) in [6.45, 7) is 1.23. The fourth-order valence-corrected chi connectivity index (χ4v) is 1.97. The molecular formula is C14H14F2INO3. The molecule has 0 fully saturated rings. The summed E-state index contributed by atoms with van der Waals surface area (Å²) < 4.78 is 31.3.